The van der Waals surface area contributed by atoms with E-state index < -0.39 is 0 Å². The topological polar surface area (TPSA) is 37.3 Å². The van der Waals surface area contributed by atoms with Crippen LogP contribution in [0.3, 0.4) is 0 Å². The maximum absolute atomic E-state index is 11.5. The Morgan fingerprint density at radius 1 is 1.29 bits per heavy atom. The lowest BCUT2D eigenvalue weighted by atomic mass is 9.83. The van der Waals surface area contributed by atoms with E-state index in [4.69, 9.17) is 0 Å². The van der Waals surface area contributed by atoms with Crippen LogP contribution in [0.4, 0.5) is 0 Å². The Kier molecular flexibility index (Phi) is 4.59. The Morgan fingerprint density at radius 2 is 1.86 bits per heavy atom. The summed E-state index contributed by atoms with van der Waals surface area (Å²) >= 11 is 0. The molecule has 1 aliphatic carbocycles. The SMILES string of the molecule is CC(C)CC(=O)CC1CCC(O)CC1. The minimum absolute atomic E-state index is 0.105. The van der Waals surface area contributed by atoms with Crippen molar-refractivity contribution in [3.63, 3.8) is 0 Å². The third-order valence-electron chi connectivity index (χ3n) is 2.97. The summed E-state index contributed by atoms with van der Waals surface area (Å²) in [6, 6.07) is 0. The van der Waals surface area contributed by atoms with Gasteiger partial charge in [0, 0.05) is 12.8 Å². The van der Waals surface area contributed by atoms with Crippen LogP contribution in [-0.2, 0) is 4.79 Å². The van der Waals surface area contributed by atoms with Gasteiger partial charge in [-0.3, -0.25) is 4.79 Å². The predicted molar refractivity (Wildman–Crippen MR) is 57.0 cm³/mol. The lowest BCUT2D eigenvalue weighted by molar-refractivity contribution is -0.121. The normalized spacial score (nSPS) is 28.0. The average Bonchev–Trinajstić information content (AvgIpc) is 2.07. The van der Waals surface area contributed by atoms with E-state index in [0.717, 1.165) is 38.5 Å². The number of carbonyl (C=O) groups excluding carboxylic acids is 1. The summed E-state index contributed by atoms with van der Waals surface area (Å²) in [5, 5.41) is 9.32. The maximum atomic E-state index is 11.5. The Morgan fingerprint density at radius 3 is 2.36 bits per heavy atom. The van der Waals surface area contributed by atoms with Crippen molar-refractivity contribution in [3.05, 3.63) is 0 Å². The van der Waals surface area contributed by atoms with Crippen molar-refractivity contribution in [2.24, 2.45) is 11.8 Å². The molecule has 2 nitrogen and oxygen atoms in total. The first-order chi connectivity index (χ1) is 6.58. The van der Waals surface area contributed by atoms with E-state index in [1.54, 1.807) is 0 Å². The Bertz CT molecular complexity index is 179. The van der Waals surface area contributed by atoms with Gasteiger partial charge in [0.25, 0.3) is 0 Å². The highest BCUT2D eigenvalue weighted by Gasteiger charge is 2.21. The van der Waals surface area contributed by atoms with Crippen molar-refractivity contribution < 1.29 is 9.90 Å². The zero-order chi connectivity index (χ0) is 10.6. The minimum atomic E-state index is -0.105. The summed E-state index contributed by atoms with van der Waals surface area (Å²) in [7, 11) is 0. The van der Waals surface area contributed by atoms with Crippen LogP contribution >= 0.6 is 0 Å². The lowest BCUT2D eigenvalue weighted by Crippen LogP contribution is -2.20. The van der Waals surface area contributed by atoms with E-state index >= 15 is 0 Å². The summed E-state index contributed by atoms with van der Waals surface area (Å²) in [4.78, 5) is 11.5. The molecule has 0 amide bonds. The molecule has 0 radical (unpaired) electrons. The standard InChI is InChI=1S/C12H22O2/c1-9(2)7-12(14)8-10-3-5-11(13)6-4-10/h9-11,13H,3-8H2,1-2H3. The molecule has 1 saturated carbocycles. The molecule has 0 aromatic rings. The molecular formula is C12H22O2. The van der Waals surface area contributed by atoms with Crippen LogP contribution in [0.15, 0.2) is 0 Å². The van der Waals surface area contributed by atoms with Crippen molar-refractivity contribution in [1.82, 2.24) is 0 Å². The van der Waals surface area contributed by atoms with Crippen LogP contribution in [0.1, 0.15) is 52.4 Å². The van der Waals surface area contributed by atoms with E-state index in [1.807, 2.05) is 0 Å². The molecule has 0 saturated heterocycles. The summed E-state index contributed by atoms with van der Waals surface area (Å²) in [6.45, 7) is 4.17. The van der Waals surface area contributed by atoms with Gasteiger partial charge in [-0.2, -0.15) is 0 Å². The van der Waals surface area contributed by atoms with E-state index in [9.17, 15) is 9.90 Å². The highest BCUT2D eigenvalue weighted by atomic mass is 16.3. The average molecular weight is 198 g/mol. The fraction of sp³-hybridized carbons (Fsp3) is 0.917. The molecular weight excluding hydrogens is 176 g/mol. The highest BCUT2D eigenvalue weighted by Crippen LogP contribution is 2.27. The summed E-state index contributed by atoms with van der Waals surface area (Å²) in [5.41, 5.74) is 0. The molecule has 2 heteroatoms. The van der Waals surface area contributed by atoms with Gasteiger partial charge in [-0.1, -0.05) is 13.8 Å². The molecule has 0 heterocycles. The highest BCUT2D eigenvalue weighted by molar-refractivity contribution is 5.78. The molecule has 1 rings (SSSR count). The van der Waals surface area contributed by atoms with Crippen molar-refractivity contribution in [1.29, 1.82) is 0 Å². The van der Waals surface area contributed by atoms with Crippen molar-refractivity contribution in [2.75, 3.05) is 0 Å². The maximum Gasteiger partial charge on any atom is 0.133 e. The lowest BCUT2D eigenvalue weighted by Gasteiger charge is -2.24. The first-order valence-electron chi connectivity index (χ1n) is 5.77. The van der Waals surface area contributed by atoms with Crippen LogP contribution in [0.2, 0.25) is 0 Å². The van der Waals surface area contributed by atoms with Crippen molar-refractivity contribution in [2.45, 2.75) is 58.5 Å². The predicted octanol–water partition coefficient (Wildman–Crippen LogP) is 2.54. The minimum Gasteiger partial charge on any atom is -0.393 e. The second-order valence-electron chi connectivity index (χ2n) is 5.02. The van der Waals surface area contributed by atoms with E-state index in [-0.39, 0.29) is 6.10 Å². The van der Waals surface area contributed by atoms with Gasteiger partial charge >= 0.3 is 0 Å². The quantitative estimate of drug-likeness (QED) is 0.753. The smallest absolute Gasteiger partial charge is 0.133 e. The van der Waals surface area contributed by atoms with Crippen LogP contribution in [0.25, 0.3) is 0 Å². The molecule has 14 heavy (non-hydrogen) atoms. The second kappa shape index (κ2) is 5.50. The first-order valence-corrected chi connectivity index (χ1v) is 5.77. The summed E-state index contributed by atoms with van der Waals surface area (Å²) < 4.78 is 0. The van der Waals surface area contributed by atoms with Gasteiger partial charge in [-0.05, 0) is 37.5 Å². The first kappa shape index (κ1) is 11.7. The number of rotatable bonds is 4. The summed E-state index contributed by atoms with van der Waals surface area (Å²) in [6.07, 6.45) is 5.20. The molecule has 1 aliphatic rings. The molecule has 1 fully saturated rings. The largest absolute Gasteiger partial charge is 0.393 e. The van der Waals surface area contributed by atoms with Gasteiger partial charge in [0.2, 0.25) is 0 Å². The van der Waals surface area contributed by atoms with Crippen LogP contribution < -0.4 is 0 Å². The van der Waals surface area contributed by atoms with E-state index in [0.29, 0.717) is 17.6 Å². The van der Waals surface area contributed by atoms with E-state index in [2.05, 4.69) is 13.8 Å². The number of ketones is 1. The fourth-order valence-electron chi connectivity index (χ4n) is 2.21. The van der Waals surface area contributed by atoms with Gasteiger partial charge in [0.1, 0.15) is 5.78 Å². The molecule has 0 unspecified atom stereocenters. The van der Waals surface area contributed by atoms with Crippen molar-refractivity contribution >= 4 is 5.78 Å². The summed E-state index contributed by atoms with van der Waals surface area (Å²) in [5.74, 6) is 1.43. The van der Waals surface area contributed by atoms with Gasteiger partial charge in [0.15, 0.2) is 0 Å². The van der Waals surface area contributed by atoms with Crippen LogP contribution in [0.5, 0.6) is 0 Å². The van der Waals surface area contributed by atoms with Gasteiger partial charge in [-0.15, -0.1) is 0 Å². The molecule has 1 N–H and O–H groups in total. The molecule has 0 aromatic heterocycles. The van der Waals surface area contributed by atoms with Gasteiger partial charge < -0.3 is 5.11 Å². The Labute approximate surface area is 86.7 Å². The van der Waals surface area contributed by atoms with E-state index in [1.165, 1.54) is 0 Å². The zero-order valence-electron chi connectivity index (χ0n) is 9.33. The fourth-order valence-corrected chi connectivity index (χ4v) is 2.21. The van der Waals surface area contributed by atoms with Gasteiger partial charge in [-0.25, -0.2) is 0 Å². The third kappa shape index (κ3) is 4.23. The molecule has 0 aromatic carbocycles. The van der Waals surface area contributed by atoms with Crippen LogP contribution in [-0.4, -0.2) is 17.0 Å². The zero-order valence-corrected chi connectivity index (χ0v) is 9.33. The number of aliphatic hydroxyl groups is 1. The van der Waals surface area contributed by atoms with Crippen LogP contribution in [0, 0.1) is 11.8 Å². The molecule has 0 aliphatic heterocycles. The molecule has 0 atom stereocenters. The monoisotopic (exact) mass is 198 g/mol. The number of carbonyl (C=O) groups is 1. The number of Topliss-reactive ketones (excluding diaryl/α,β-unsaturated/α-hetero) is 1. The second-order valence-corrected chi connectivity index (χ2v) is 5.02. The van der Waals surface area contributed by atoms with Crippen molar-refractivity contribution in [3.8, 4) is 0 Å². The van der Waals surface area contributed by atoms with Gasteiger partial charge in [0.05, 0.1) is 6.10 Å². The molecule has 82 valence electrons. The Hall–Kier alpha value is -0.370. The molecule has 0 spiro atoms. The third-order valence-corrected chi connectivity index (χ3v) is 2.97. The Balaban J connectivity index is 2.20. The molecule has 0 bridgehead atoms. The number of hydrogen-bond acceptors (Lipinski definition) is 2. The number of aliphatic hydroxyl groups excluding tert-OH is 1. The number of hydrogen-bond donors (Lipinski definition) is 1.